The Hall–Kier alpha value is -0.180. The first-order chi connectivity index (χ1) is 10.3. The van der Waals surface area contributed by atoms with E-state index in [1.54, 1.807) is 0 Å². The molecule has 5 nitrogen and oxygen atoms in total. The van der Waals surface area contributed by atoms with Gasteiger partial charge in [0, 0.05) is 39.1 Å². The van der Waals surface area contributed by atoms with Gasteiger partial charge in [0.1, 0.15) is 0 Å². The molecular formula is C15H31IN4OS. The Bertz CT molecular complexity index is 323. The van der Waals surface area contributed by atoms with Crippen molar-refractivity contribution >= 4 is 47.6 Å². The molecule has 0 radical (unpaired) electrons. The highest BCUT2D eigenvalue weighted by Gasteiger charge is 2.17. The van der Waals surface area contributed by atoms with Crippen LogP contribution in [0.2, 0.25) is 0 Å². The predicted octanol–water partition coefficient (Wildman–Crippen LogP) is 2.32. The second-order valence-corrected chi connectivity index (χ2v) is 6.21. The van der Waals surface area contributed by atoms with Gasteiger partial charge in [-0.1, -0.05) is 0 Å². The first kappa shape index (κ1) is 21.8. The largest absolute Gasteiger partial charge is 0.357 e. The number of hydrogen-bond donors (Lipinski definition) is 2. The first-order valence-corrected chi connectivity index (χ1v) is 9.46. The Kier molecular flexibility index (Phi) is 14.3. The second kappa shape index (κ2) is 14.4. The number of rotatable bonds is 9. The van der Waals surface area contributed by atoms with Gasteiger partial charge >= 0.3 is 0 Å². The number of likely N-dealkylation sites (tertiary alicyclic amines) is 1. The van der Waals surface area contributed by atoms with Gasteiger partial charge in [-0.25, -0.2) is 0 Å². The minimum Gasteiger partial charge on any atom is -0.357 e. The number of nitrogens with one attached hydrogen (secondary N) is 2. The third-order valence-corrected chi connectivity index (χ3v) is 4.16. The number of unbranched alkanes of at least 4 members (excludes halogenated alkanes) is 1. The van der Waals surface area contributed by atoms with Crippen LogP contribution in [0.25, 0.3) is 0 Å². The molecule has 1 amide bonds. The monoisotopic (exact) mass is 442 g/mol. The maximum atomic E-state index is 11.9. The fraction of sp³-hybridized carbons (Fsp3) is 0.867. The molecule has 1 fully saturated rings. The van der Waals surface area contributed by atoms with Crippen molar-refractivity contribution in [3.63, 3.8) is 0 Å². The van der Waals surface area contributed by atoms with Crippen molar-refractivity contribution in [2.45, 2.75) is 39.0 Å². The van der Waals surface area contributed by atoms with E-state index in [-0.39, 0.29) is 29.9 Å². The highest BCUT2D eigenvalue weighted by molar-refractivity contribution is 14.0. The molecule has 1 heterocycles. The number of carbonyl (C=O) groups excluding carboxylic acids is 1. The fourth-order valence-electron chi connectivity index (χ4n) is 2.30. The zero-order valence-corrected chi connectivity index (χ0v) is 17.0. The number of guanidine groups is 1. The molecule has 0 bridgehead atoms. The summed E-state index contributed by atoms with van der Waals surface area (Å²) in [5.74, 6) is 2.29. The molecule has 0 aliphatic carbocycles. The normalized spacial score (nSPS) is 14.6. The van der Waals surface area contributed by atoms with Crippen molar-refractivity contribution in [3.05, 3.63) is 0 Å². The molecule has 0 atom stereocenters. The van der Waals surface area contributed by atoms with Crippen LogP contribution in [0.3, 0.4) is 0 Å². The molecule has 1 saturated heterocycles. The average molecular weight is 442 g/mol. The van der Waals surface area contributed by atoms with Crippen LogP contribution >= 0.6 is 35.7 Å². The van der Waals surface area contributed by atoms with Gasteiger partial charge in [-0.3, -0.25) is 9.79 Å². The van der Waals surface area contributed by atoms with Crippen LogP contribution in [0.4, 0.5) is 0 Å². The van der Waals surface area contributed by atoms with E-state index in [4.69, 9.17) is 0 Å². The van der Waals surface area contributed by atoms with Gasteiger partial charge in [0.05, 0.1) is 0 Å². The van der Waals surface area contributed by atoms with Crippen LogP contribution in [0.15, 0.2) is 4.99 Å². The van der Waals surface area contributed by atoms with Gasteiger partial charge in [0.25, 0.3) is 0 Å². The van der Waals surface area contributed by atoms with Crippen LogP contribution < -0.4 is 10.6 Å². The summed E-state index contributed by atoms with van der Waals surface area (Å²) in [5.41, 5.74) is 0. The third-order valence-electron chi connectivity index (χ3n) is 3.46. The summed E-state index contributed by atoms with van der Waals surface area (Å²) in [5, 5.41) is 6.48. The lowest BCUT2D eigenvalue weighted by Gasteiger charge is -2.16. The number of amides is 1. The maximum absolute atomic E-state index is 11.9. The van der Waals surface area contributed by atoms with Gasteiger partial charge < -0.3 is 15.5 Å². The Morgan fingerprint density at radius 3 is 2.59 bits per heavy atom. The molecule has 1 aliphatic heterocycles. The van der Waals surface area contributed by atoms with E-state index in [1.165, 1.54) is 12.2 Å². The van der Waals surface area contributed by atoms with Crippen molar-refractivity contribution in [1.82, 2.24) is 15.5 Å². The van der Waals surface area contributed by atoms with Crippen LogP contribution in [-0.4, -0.2) is 61.5 Å². The summed E-state index contributed by atoms with van der Waals surface area (Å²) < 4.78 is 0. The van der Waals surface area contributed by atoms with Crippen LogP contribution in [0.5, 0.6) is 0 Å². The van der Waals surface area contributed by atoms with Crippen LogP contribution in [0.1, 0.15) is 39.0 Å². The van der Waals surface area contributed by atoms with Crippen molar-refractivity contribution in [3.8, 4) is 0 Å². The van der Waals surface area contributed by atoms with E-state index in [2.05, 4.69) is 28.8 Å². The Balaban J connectivity index is 0.00000441. The van der Waals surface area contributed by atoms with Gasteiger partial charge in [-0.2, -0.15) is 11.8 Å². The van der Waals surface area contributed by atoms with Gasteiger partial charge in [-0.05, 0) is 44.6 Å². The summed E-state index contributed by atoms with van der Waals surface area (Å²) >= 11 is 1.88. The zero-order valence-electron chi connectivity index (χ0n) is 13.9. The van der Waals surface area contributed by atoms with E-state index in [1.807, 2.05) is 16.7 Å². The lowest BCUT2D eigenvalue weighted by atomic mass is 10.3. The summed E-state index contributed by atoms with van der Waals surface area (Å²) in [7, 11) is 0. The van der Waals surface area contributed by atoms with E-state index in [9.17, 15) is 4.79 Å². The quantitative estimate of drug-likeness (QED) is 0.249. The molecule has 22 heavy (non-hydrogen) atoms. The molecule has 130 valence electrons. The minimum absolute atomic E-state index is 0. The van der Waals surface area contributed by atoms with E-state index < -0.39 is 0 Å². The molecule has 2 N–H and O–H groups in total. The Morgan fingerprint density at radius 2 is 1.95 bits per heavy atom. The molecular weight excluding hydrogens is 411 g/mol. The molecule has 0 aromatic carbocycles. The van der Waals surface area contributed by atoms with E-state index >= 15 is 0 Å². The molecule has 0 aromatic heterocycles. The van der Waals surface area contributed by atoms with Crippen molar-refractivity contribution < 1.29 is 4.79 Å². The maximum Gasteiger partial charge on any atom is 0.224 e. The van der Waals surface area contributed by atoms with Gasteiger partial charge in [0.2, 0.25) is 5.91 Å². The van der Waals surface area contributed by atoms with Crippen molar-refractivity contribution in [1.29, 1.82) is 0 Å². The highest BCUT2D eigenvalue weighted by Crippen LogP contribution is 2.08. The summed E-state index contributed by atoms with van der Waals surface area (Å²) in [6, 6.07) is 0. The average Bonchev–Trinajstić information content (AvgIpc) is 3.01. The molecule has 1 rings (SSSR count). The number of nitrogens with zero attached hydrogens (tertiary/aromatic N) is 2. The molecule has 0 unspecified atom stereocenters. The van der Waals surface area contributed by atoms with Crippen LogP contribution in [-0.2, 0) is 4.79 Å². The first-order valence-electron chi connectivity index (χ1n) is 8.06. The minimum atomic E-state index is 0. The summed E-state index contributed by atoms with van der Waals surface area (Å²) in [6.45, 7) is 6.27. The van der Waals surface area contributed by atoms with Crippen molar-refractivity contribution in [2.24, 2.45) is 4.99 Å². The van der Waals surface area contributed by atoms with Crippen molar-refractivity contribution in [2.75, 3.05) is 44.7 Å². The zero-order chi connectivity index (χ0) is 15.3. The fourth-order valence-corrected chi connectivity index (χ4v) is 2.80. The highest BCUT2D eigenvalue weighted by atomic mass is 127. The third kappa shape index (κ3) is 9.76. The molecule has 0 spiro atoms. The lowest BCUT2D eigenvalue weighted by molar-refractivity contribution is -0.129. The molecule has 0 saturated carbocycles. The van der Waals surface area contributed by atoms with Gasteiger partial charge in [0.15, 0.2) is 5.96 Å². The van der Waals surface area contributed by atoms with E-state index in [0.29, 0.717) is 13.0 Å². The second-order valence-electron chi connectivity index (χ2n) is 5.23. The number of hydrogen-bond acceptors (Lipinski definition) is 3. The number of carbonyl (C=O) groups is 1. The molecule has 0 aromatic rings. The van der Waals surface area contributed by atoms with Gasteiger partial charge in [-0.15, -0.1) is 24.0 Å². The smallest absolute Gasteiger partial charge is 0.224 e. The topological polar surface area (TPSA) is 56.7 Å². The molecule has 1 aliphatic rings. The Labute approximate surface area is 156 Å². The van der Waals surface area contributed by atoms with Crippen LogP contribution in [0, 0.1) is 0 Å². The van der Waals surface area contributed by atoms with E-state index in [0.717, 1.165) is 51.4 Å². The summed E-state index contributed by atoms with van der Waals surface area (Å²) in [6.07, 6.45) is 7.31. The number of halogens is 1. The number of aliphatic imine (C=N–C) groups is 1. The standard InChI is InChI=1S/C15H30N4OS.HI/c1-3-16-15(17-9-4-7-13-21-2)18-10-8-14(20)19-11-5-6-12-19;/h3-13H2,1-2H3,(H2,16,17,18);1H. The lowest BCUT2D eigenvalue weighted by Crippen LogP contribution is -2.39. The molecule has 7 heteroatoms. The SMILES string of the molecule is CCNC(=NCCCCSC)NCCC(=O)N1CCCC1.I. The predicted molar refractivity (Wildman–Crippen MR) is 107 cm³/mol. The summed E-state index contributed by atoms with van der Waals surface area (Å²) in [4.78, 5) is 18.4. The number of thioether (sulfide) groups is 1. The Morgan fingerprint density at radius 1 is 1.23 bits per heavy atom.